The van der Waals surface area contributed by atoms with Gasteiger partial charge in [-0.1, -0.05) is 30.3 Å². The predicted octanol–water partition coefficient (Wildman–Crippen LogP) is 1.50. The number of nitrogens with zero attached hydrogens (tertiary/aromatic N) is 2. The standard InChI is InChI=1S/C11H12N2O3/c14-7-4-8-15-11-10(12-16-13-11)9-5-2-1-3-6-9/h1-3,5-6,14H,4,7-8H2. The van der Waals surface area contributed by atoms with Crippen LogP contribution >= 0.6 is 0 Å². The second-order valence-corrected chi connectivity index (χ2v) is 3.21. The lowest BCUT2D eigenvalue weighted by Crippen LogP contribution is -2.00. The Bertz CT molecular complexity index is 428. The zero-order chi connectivity index (χ0) is 11.2. The van der Waals surface area contributed by atoms with Gasteiger partial charge in [0, 0.05) is 18.6 Å². The minimum Gasteiger partial charge on any atom is -0.474 e. The average Bonchev–Trinajstić information content (AvgIpc) is 2.79. The molecule has 2 rings (SSSR count). The van der Waals surface area contributed by atoms with Crippen molar-refractivity contribution in [2.75, 3.05) is 13.2 Å². The van der Waals surface area contributed by atoms with Gasteiger partial charge >= 0.3 is 0 Å². The summed E-state index contributed by atoms with van der Waals surface area (Å²) in [6.07, 6.45) is 0.557. The molecular formula is C11H12N2O3. The van der Waals surface area contributed by atoms with Crippen molar-refractivity contribution in [2.24, 2.45) is 0 Å². The largest absolute Gasteiger partial charge is 0.474 e. The maximum Gasteiger partial charge on any atom is 0.283 e. The Balaban J connectivity index is 2.13. The first-order valence-corrected chi connectivity index (χ1v) is 5.03. The smallest absolute Gasteiger partial charge is 0.283 e. The van der Waals surface area contributed by atoms with Crippen LogP contribution in [0.2, 0.25) is 0 Å². The highest BCUT2D eigenvalue weighted by molar-refractivity contribution is 5.63. The van der Waals surface area contributed by atoms with E-state index in [1.54, 1.807) is 0 Å². The molecule has 5 heteroatoms. The van der Waals surface area contributed by atoms with Crippen LogP contribution < -0.4 is 4.74 Å². The SMILES string of the molecule is OCCCOc1nonc1-c1ccccc1. The molecule has 2 aromatic rings. The second kappa shape index (κ2) is 5.27. The molecule has 5 nitrogen and oxygen atoms in total. The van der Waals surface area contributed by atoms with Crippen molar-refractivity contribution in [3.05, 3.63) is 30.3 Å². The Morgan fingerprint density at radius 2 is 2.00 bits per heavy atom. The molecular weight excluding hydrogens is 208 g/mol. The monoisotopic (exact) mass is 220 g/mol. The summed E-state index contributed by atoms with van der Waals surface area (Å²) in [6.45, 7) is 0.483. The van der Waals surface area contributed by atoms with E-state index in [1.165, 1.54) is 0 Å². The highest BCUT2D eigenvalue weighted by Gasteiger charge is 2.12. The normalized spacial score (nSPS) is 10.3. The maximum atomic E-state index is 8.64. The van der Waals surface area contributed by atoms with Crippen molar-refractivity contribution in [1.29, 1.82) is 0 Å². The highest BCUT2D eigenvalue weighted by atomic mass is 16.6. The molecule has 0 aliphatic heterocycles. The fraction of sp³-hybridized carbons (Fsp3) is 0.273. The van der Waals surface area contributed by atoms with Crippen LogP contribution in [0.4, 0.5) is 0 Å². The number of ether oxygens (including phenoxy) is 1. The van der Waals surface area contributed by atoms with Gasteiger partial charge in [0.15, 0.2) is 5.69 Å². The van der Waals surface area contributed by atoms with E-state index in [0.29, 0.717) is 24.6 Å². The van der Waals surface area contributed by atoms with E-state index in [9.17, 15) is 0 Å². The van der Waals surface area contributed by atoms with E-state index in [2.05, 4.69) is 14.9 Å². The van der Waals surface area contributed by atoms with E-state index < -0.39 is 0 Å². The first kappa shape index (κ1) is 10.6. The Hall–Kier alpha value is -1.88. The van der Waals surface area contributed by atoms with Gasteiger partial charge in [-0.2, -0.15) is 0 Å². The van der Waals surface area contributed by atoms with Crippen LogP contribution in [0.3, 0.4) is 0 Å². The van der Waals surface area contributed by atoms with E-state index in [1.807, 2.05) is 30.3 Å². The van der Waals surface area contributed by atoms with Gasteiger partial charge in [0.2, 0.25) is 0 Å². The summed E-state index contributed by atoms with van der Waals surface area (Å²) >= 11 is 0. The van der Waals surface area contributed by atoms with Crippen molar-refractivity contribution in [1.82, 2.24) is 10.3 Å². The minimum atomic E-state index is 0.0892. The van der Waals surface area contributed by atoms with Crippen LogP contribution in [0.25, 0.3) is 11.3 Å². The summed E-state index contributed by atoms with van der Waals surface area (Å²) in [7, 11) is 0. The van der Waals surface area contributed by atoms with E-state index >= 15 is 0 Å². The molecule has 1 heterocycles. The zero-order valence-corrected chi connectivity index (χ0v) is 8.67. The molecule has 0 aliphatic rings. The topological polar surface area (TPSA) is 68.4 Å². The van der Waals surface area contributed by atoms with Gasteiger partial charge in [0.25, 0.3) is 5.88 Å². The fourth-order valence-corrected chi connectivity index (χ4v) is 1.28. The summed E-state index contributed by atoms with van der Waals surface area (Å²) in [5.41, 5.74) is 1.47. The average molecular weight is 220 g/mol. The highest BCUT2D eigenvalue weighted by Crippen LogP contribution is 2.25. The van der Waals surface area contributed by atoms with Gasteiger partial charge in [0.05, 0.1) is 6.61 Å². The third kappa shape index (κ3) is 2.38. The Kier molecular flexibility index (Phi) is 3.50. The van der Waals surface area contributed by atoms with Crippen LogP contribution in [0.5, 0.6) is 5.88 Å². The van der Waals surface area contributed by atoms with Crippen LogP contribution in [0, 0.1) is 0 Å². The molecule has 0 amide bonds. The number of hydrogen-bond acceptors (Lipinski definition) is 5. The van der Waals surface area contributed by atoms with E-state index in [-0.39, 0.29) is 6.61 Å². The van der Waals surface area contributed by atoms with Gasteiger partial charge in [-0.25, -0.2) is 4.63 Å². The van der Waals surface area contributed by atoms with Crippen molar-refractivity contribution >= 4 is 0 Å². The zero-order valence-electron chi connectivity index (χ0n) is 8.67. The molecule has 0 radical (unpaired) electrons. The molecule has 84 valence electrons. The molecule has 1 N–H and O–H groups in total. The van der Waals surface area contributed by atoms with E-state index in [0.717, 1.165) is 5.56 Å². The summed E-state index contributed by atoms with van der Waals surface area (Å²) in [5.74, 6) is 0.361. The molecule has 0 bridgehead atoms. The molecule has 0 aliphatic carbocycles. The molecule has 1 aromatic heterocycles. The molecule has 0 spiro atoms. The first-order valence-electron chi connectivity index (χ1n) is 5.03. The minimum absolute atomic E-state index is 0.0892. The third-order valence-electron chi connectivity index (χ3n) is 2.05. The summed E-state index contributed by atoms with van der Waals surface area (Å²) in [6, 6.07) is 9.53. The maximum absolute atomic E-state index is 8.64. The van der Waals surface area contributed by atoms with E-state index in [4.69, 9.17) is 9.84 Å². The van der Waals surface area contributed by atoms with Crippen molar-refractivity contribution in [3.8, 4) is 17.1 Å². The van der Waals surface area contributed by atoms with Crippen LogP contribution in [-0.2, 0) is 0 Å². The summed E-state index contributed by atoms with van der Waals surface area (Å²) in [5, 5.41) is 16.1. The predicted molar refractivity (Wildman–Crippen MR) is 56.9 cm³/mol. The number of benzene rings is 1. The van der Waals surface area contributed by atoms with Gasteiger partial charge in [-0.05, 0) is 10.3 Å². The van der Waals surface area contributed by atoms with Crippen LogP contribution in [0.15, 0.2) is 35.0 Å². The molecule has 0 fully saturated rings. The number of rotatable bonds is 5. The van der Waals surface area contributed by atoms with Crippen molar-refractivity contribution < 1.29 is 14.5 Å². The van der Waals surface area contributed by atoms with Crippen molar-refractivity contribution in [2.45, 2.75) is 6.42 Å². The molecule has 16 heavy (non-hydrogen) atoms. The molecule has 1 aromatic carbocycles. The van der Waals surface area contributed by atoms with Gasteiger partial charge < -0.3 is 9.84 Å². The number of hydrogen-bond donors (Lipinski definition) is 1. The lowest BCUT2D eigenvalue weighted by molar-refractivity contribution is 0.217. The fourth-order valence-electron chi connectivity index (χ4n) is 1.28. The van der Waals surface area contributed by atoms with Gasteiger partial charge in [-0.15, -0.1) is 0 Å². The number of aliphatic hydroxyl groups is 1. The van der Waals surface area contributed by atoms with Gasteiger partial charge in [-0.3, -0.25) is 0 Å². The number of aliphatic hydroxyl groups excluding tert-OH is 1. The third-order valence-corrected chi connectivity index (χ3v) is 2.05. The van der Waals surface area contributed by atoms with Crippen LogP contribution in [-0.4, -0.2) is 28.6 Å². The Morgan fingerprint density at radius 3 is 2.75 bits per heavy atom. The second-order valence-electron chi connectivity index (χ2n) is 3.21. The first-order chi connectivity index (χ1) is 7.92. The molecule has 0 saturated carbocycles. The Labute approximate surface area is 92.6 Å². The summed E-state index contributed by atoms with van der Waals surface area (Å²) < 4.78 is 9.99. The summed E-state index contributed by atoms with van der Waals surface area (Å²) in [4.78, 5) is 0. The van der Waals surface area contributed by atoms with Gasteiger partial charge in [0.1, 0.15) is 0 Å². The molecule has 0 saturated heterocycles. The van der Waals surface area contributed by atoms with Crippen molar-refractivity contribution in [3.63, 3.8) is 0 Å². The Morgan fingerprint density at radius 1 is 1.19 bits per heavy atom. The lowest BCUT2D eigenvalue weighted by atomic mass is 10.2. The number of aromatic nitrogens is 2. The molecule has 0 atom stereocenters. The quantitative estimate of drug-likeness (QED) is 0.773. The lowest BCUT2D eigenvalue weighted by Gasteiger charge is -2.01. The molecule has 0 unspecified atom stereocenters. The van der Waals surface area contributed by atoms with Crippen LogP contribution in [0.1, 0.15) is 6.42 Å².